The average molecular weight is 537 g/mol. The van der Waals surface area contributed by atoms with Gasteiger partial charge in [-0.15, -0.1) is 19.7 Å². The van der Waals surface area contributed by atoms with Gasteiger partial charge < -0.3 is 14.2 Å². The largest absolute Gasteiger partial charge is 0.381 e. The van der Waals surface area contributed by atoms with Gasteiger partial charge in [-0.2, -0.15) is 0 Å². The highest BCUT2D eigenvalue weighted by Crippen LogP contribution is 2.54. The van der Waals surface area contributed by atoms with Gasteiger partial charge in [-0.25, -0.2) is 0 Å². The van der Waals surface area contributed by atoms with Crippen LogP contribution in [0.1, 0.15) is 57.8 Å². The lowest BCUT2D eigenvalue weighted by Crippen LogP contribution is -2.88. The highest BCUT2D eigenvalue weighted by molar-refractivity contribution is 7.10. The Morgan fingerprint density at radius 3 is 0.971 bits per heavy atom. The molecule has 0 amide bonds. The second-order valence-electron chi connectivity index (χ2n) is 12.8. The van der Waals surface area contributed by atoms with Crippen LogP contribution in [0.15, 0.2) is 36.8 Å². The zero-order valence-corrected chi connectivity index (χ0v) is 27.3. The molecule has 3 aliphatic rings. The van der Waals surface area contributed by atoms with E-state index in [2.05, 4.69) is 76.1 Å². The second-order valence-corrected chi connectivity index (χ2v) is 32.3. The fourth-order valence-electron chi connectivity index (χ4n) is 7.42. The van der Waals surface area contributed by atoms with Gasteiger partial charge in [0.15, 0.2) is 0 Å². The van der Waals surface area contributed by atoms with E-state index in [1.54, 1.807) is 0 Å². The lowest BCUT2D eigenvalue weighted by atomic mass is 10.2. The van der Waals surface area contributed by atoms with Crippen LogP contribution < -0.4 is 0 Å². The van der Waals surface area contributed by atoms with Crippen LogP contribution in [0.4, 0.5) is 0 Å². The van der Waals surface area contributed by atoms with Crippen molar-refractivity contribution >= 4 is 33.0 Å². The molecular weight excluding hydrogens is 485 g/mol. The van der Waals surface area contributed by atoms with Crippen LogP contribution in [0.2, 0.25) is 39.3 Å². The maximum atomic E-state index is 7.29. The maximum absolute atomic E-state index is 7.29. The summed E-state index contributed by atoms with van der Waals surface area (Å²) in [5, 5.41) is 0. The molecule has 0 aromatic heterocycles. The van der Waals surface area contributed by atoms with Gasteiger partial charge in [0, 0.05) is 19.8 Å². The standard InChI is InChI=1S/C27H52O3Si4/c1-10-32(4,5)25(19-13-16-22-28-25)31(26(33(6,7)11-2)20-14-17-23-29-26)27(34(8,9)12-3)21-15-18-24-30-27/h10-12,31H,1-3,13-24H2,4-9H3. The van der Waals surface area contributed by atoms with E-state index >= 15 is 0 Å². The number of ether oxygens (including phenoxy) is 3. The van der Waals surface area contributed by atoms with E-state index in [4.69, 9.17) is 14.2 Å². The molecule has 3 fully saturated rings. The summed E-state index contributed by atoms with van der Waals surface area (Å²) in [5.41, 5.74) is 6.99. The smallest absolute Gasteiger partial charge is 0.138 e. The van der Waals surface area contributed by atoms with Gasteiger partial charge in [0.25, 0.3) is 0 Å². The molecule has 194 valence electrons. The van der Waals surface area contributed by atoms with E-state index in [1.165, 1.54) is 19.3 Å². The van der Waals surface area contributed by atoms with Crippen molar-refractivity contribution in [1.82, 2.24) is 0 Å². The molecule has 3 aliphatic heterocycles. The van der Waals surface area contributed by atoms with Gasteiger partial charge >= 0.3 is 0 Å². The van der Waals surface area contributed by atoms with Crippen LogP contribution in [-0.4, -0.2) is 67.4 Å². The lowest BCUT2D eigenvalue weighted by molar-refractivity contribution is -0.0382. The van der Waals surface area contributed by atoms with Crippen LogP contribution in [0, 0.1) is 0 Å². The molecule has 0 aromatic carbocycles. The molecule has 3 heterocycles. The summed E-state index contributed by atoms with van der Waals surface area (Å²) >= 11 is 0. The number of hydrogen-bond acceptors (Lipinski definition) is 3. The first kappa shape index (κ1) is 28.5. The third-order valence-corrected chi connectivity index (χ3v) is 34.4. The molecule has 0 saturated carbocycles. The van der Waals surface area contributed by atoms with E-state index in [0.717, 1.165) is 58.3 Å². The Kier molecular flexibility index (Phi) is 8.71. The molecular formula is C27H52O3Si4. The number of rotatable bonds is 9. The molecule has 3 unspecified atom stereocenters. The first-order valence-electron chi connectivity index (χ1n) is 13.7. The Balaban J connectivity index is 2.45. The van der Waals surface area contributed by atoms with Crippen LogP contribution in [0.3, 0.4) is 0 Å². The SMILES string of the molecule is C=C[Si](C)(C)C1([SiH](C2([Si](C)(C)C=C)CCCCO2)C2([Si](C)(C)C=C)CCCCO2)CCCCO1. The Hall–Kier alpha value is -0.0325. The molecule has 34 heavy (non-hydrogen) atoms. The summed E-state index contributed by atoms with van der Waals surface area (Å²) in [7, 11) is -8.06. The molecule has 3 rings (SSSR count). The first-order chi connectivity index (χ1) is 15.9. The predicted molar refractivity (Wildman–Crippen MR) is 158 cm³/mol. The van der Waals surface area contributed by atoms with Crippen LogP contribution >= 0.6 is 0 Å². The third kappa shape index (κ3) is 4.35. The fraction of sp³-hybridized carbons (Fsp3) is 0.778. The second kappa shape index (κ2) is 10.4. The zero-order valence-electron chi connectivity index (χ0n) is 23.1. The quantitative estimate of drug-likeness (QED) is 0.312. The van der Waals surface area contributed by atoms with Crippen molar-refractivity contribution in [3.05, 3.63) is 36.8 Å². The average Bonchev–Trinajstić information content (AvgIpc) is 2.85. The van der Waals surface area contributed by atoms with E-state index in [0.29, 0.717) is 0 Å². The van der Waals surface area contributed by atoms with E-state index in [1.807, 2.05) is 0 Å². The molecule has 0 radical (unpaired) electrons. The van der Waals surface area contributed by atoms with Gasteiger partial charge in [0.2, 0.25) is 0 Å². The molecule has 0 bridgehead atoms. The van der Waals surface area contributed by atoms with E-state index in [9.17, 15) is 0 Å². The molecule has 0 aromatic rings. The Bertz CT molecular complexity index is 643. The summed E-state index contributed by atoms with van der Waals surface area (Å²) < 4.78 is 21.9. The first-order valence-corrected chi connectivity index (χ1v) is 24.7. The van der Waals surface area contributed by atoms with Gasteiger partial charge in [0.05, 0.1) is 14.5 Å². The Morgan fingerprint density at radius 2 is 0.794 bits per heavy atom. The van der Waals surface area contributed by atoms with Crippen molar-refractivity contribution in [2.24, 2.45) is 0 Å². The number of hydrogen-bond donors (Lipinski definition) is 0. The highest BCUT2D eigenvalue weighted by Gasteiger charge is 2.73. The van der Waals surface area contributed by atoms with Crippen LogP contribution in [0.5, 0.6) is 0 Å². The van der Waals surface area contributed by atoms with Crippen molar-refractivity contribution in [3.63, 3.8) is 0 Å². The van der Waals surface area contributed by atoms with Gasteiger partial charge in [0.1, 0.15) is 33.0 Å². The topological polar surface area (TPSA) is 27.7 Å². The zero-order chi connectivity index (χ0) is 25.3. The lowest BCUT2D eigenvalue weighted by Gasteiger charge is -2.67. The third-order valence-electron chi connectivity index (χ3n) is 10.1. The van der Waals surface area contributed by atoms with Crippen molar-refractivity contribution in [1.29, 1.82) is 0 Å². The summed E-state index contributed by atoms with van der Waals surface area (Å²) in [5.74, 6) is 0. The minimum atomic E-state index is -2.02. The Labute approximate surface area is 215 Å². The normalized spacial score (nSPS) is 34.8. The van der Waals surface area contributed by atoms with Gasteiger partial charge in [-0.1, -0.05) is 56.4 Å². The monoisotopic (exact) mass is 536 g/mol. The van der Waals surface area contributed by atoms with E-state index < -0.39 is 33.0 Å². The van der Waals surface area contributed by atoms with E-state index in [-0.39, 0.29) is 14.5 Å². The molecule has 0 spiro atoms. The molecule has 3 saturated heterocycles. The molecule has 0 N–H and O–H groups in total. The molecule has 7 heteroatoms. The fourth-order valence-corrected chi connectivity index (χ4v) is 32.4. The summed E-state index contributed by atoms with van der Waals surface area (Å²) in [6.07, 6.45) is 10.7. The summed E-state index contributed by atoms with van der Waals surface area (Å²) in [4.78, 5) is -0.368. The van der Waals surface area contributed by atoms with Crippen molar-refractivity contribution in [2.45, 2.75) is 112 Å². The summed E-state index contributed by atoms with van der Waals surface area (Å²) in [6, 6.07) is 0. The minimum absolute atomic E-state index is 0.123. The minimum Gasteiger partial charge on any atom is -0.381 e. The molecule has 3 atom stereocenters. The van der Waals surface area contributed by atoms with Gasteiger partial charge in [-0.05, 0) is 57.8 Å². The molecule has 3 nitrogen and oxygen atoms in total. The predicted octanol–water partition coefficient (Wildman–Crippen LogP) is 6.57. The maximum Gasteiger partial charge on any atom is 0.138 e. The van der Waals surface area contributed by atoms with Crippen molar-refractivity contribution < 1.29 is 14.2 Å². The van der Waals surface area contributed by atoms with Crippen molar-refractivity contribution in [3.8, 4) is 0 Å². The van der Waals surface area contributed by atoms with Crippen LogP contribution in [-0.2, 0) is 14.2 Å². The molecule has 0 aliphatic carbocycles. The van der Waals surface area contributed by atoms with Crippen LogP contribution in [0.25, 0.3) is 0 Å². The highest BCUT2D eigenvalue weighted by atomic mass is 28.4. The Morgan fingerprint density at radius 1 is 0.529 bits per heavy atom. The summed E-state index contributed by atoms with van der Waals surface area (Å²) in [6.45, 7) is 31.0. The van der Waals surface area contributed by atoms with Crippen molar-refractivity contribution in [2.75, 3.05) is 19.8 Å². The van der Waals surface area contributed by atoms with Gasteiger partial charge in [-0.3, -0.25) is 0 Å².